The number of fused-ring (bicyclic) bond motifs is 2. The number of nitrogens with zero attached hydrogens (tertiary/aromatic N) is 2. The van der Waals surface area contributed by atoms with Crippen molar-refractivity contribution in [3.05, 3.63) is 35.0 Å². The third-order valence-electron chi connectivity index (χ3n) is 6.72. The van der Waals surface area contributed by atoms with Gasteiger partial charge in [0.1, 0.15) is 5.60 Å². The zero-order valence-electron chi connectivity index (χ0n) is 19.2. The van der Waals surface area contributed by atoms with Crippen molar-refractivity contribution in [1.82, 2.24) is 20.1 Å². The normalized spacial score (nSPS) is 23.1. The molecule has 1 aromatic heterocycles. The first-order valence-corrected chi connectivity index (χ1v) is 11.4. The zero-order valence-corrected chi connectivity index (χ0v) is 19.2. The van der Waals surface area contributed by atoms with Crippen LogP contribution in [0.4, 0.5) is 4.79 Å². The molecule has 1 aliphatic heterocycles. The fraction of sp³-hybridized carbons (Fsp3) is 0.560. The SMILES string of the molecule is CCN(CC)C(=O)N[C@H]1CC2c3cccc4[nH]c(C#CC(C)(C)O)c(c34)C[C@H]2N(C)C1. The number of nitrogens with one attached hydrogen (secondary N) is 2. The summed E-state index contributed by atoms with van der Waals surface area (Å²) < 4.78 is 0. The minimum atomic E-state index is -1.03. The van der Waals surface area contributed by atoms with Crippen molar-refractivity contribution < 1.29 is 9.90 Å². The van der Waals surface area contributed by atoms with Crippen LogP contribution in [0.3, 0.4) is 0 Å². The van der Waals surface area contributed by atoms with Gasteiger partial charge in [0.2, 0.25) is 0 Å². The van der Waals surface area contributed by atoms with Gasteiger partial charge in [-0.15, -0.1) is 0 Å². The Morgan fingerprint density at radius 2 is 2.10 bits per heavy atom. The maximum atomic E-state index is 12.6. The van der Waals surface area contributed by atoms with Gasteiger partial charge >= 0.3 is 6.03 Å². The van der Waals surface area contributed by atoms with E-state index in [1.54, 1.807) is 13.8 Å². The first-order valence-electron chi connectivity index (χ1n) is 11.4. The zero-order chi connectivity index (χ0) is 22.3. The number of hydrogen-bond donors (Lipinski definition) is 3. The van der Waals surface area contributed by atoms with Crippen LogP contribution in [0.15, 0.2) is 18.2 Å². The Kier molecular flexibility index (Phi) is 5.76. The standard InChI is InChI=1S/C25H34N4O2/c1-6-29(7-2)24(30)26-16-13-18-17-9-8-10-21-23(17)19(14-22(18)28(5)15-16)20(27-21)11-12-25(3,4)31/h8-10,16,18,22,27,31H,6-7,13-15H2,1-5H3,(H,26,30)/t16-,18?,22+/m0/s1. The average Bonchev–Trinajstić information content (AvgIpc) is 3.07. The van der Waals surface area contributed by atoms with E-state index in [0.29, 0.717) is 12.0 Å². The number of H-pyrrole nitrogens is 1. The molecule has 0 spiro atoms. The van der Waals surface area contributed by atoms with E-state index < -0.39 is 5.60 Å². The minimum absolute atomic E-state index is 0.0300. The van der Waals surface area contributed by atoms with Crippen LogP contribution >= 0.6 is 0 Å². The molecule has 0 saturated carbocycles. The fourth-order valence-electron chi connectivity index (χ4n) is 5.23. The molecule has 1 fully saturated rings. The Bertz CT molecular complexity index is 1040. The molecule has 2 aromatic rings. The second-order valence-corrected chi connectivity index (χ2v) is 9.43. The number of hydrogen-bond acceptors (Lipinski definition) is 3. The lowest BCUT2D eigenvalue weighted by Crippen LogP contribution is -2.56. The van der Waals surface area contributed by atoms with E-state index in [1.807, 2.05) is 18.7 Å². The highest BCUT2D eigenvalue weighted by molar-refractivity contribution is 5.90. The monoisotopic (exact) mass is 422 g/mol. The van der Waals surface area contributed by atoms with E-state index in [4.69, 9.17) is 0 Å². The summed E-state index contributed by atoms with van der Waals surface area (Å²) in [6.45, 7) is 9.72. The van der Waals surface area contributed by atoms with Crippen molar-refractivity contribution in [2.75, 3.05) is 26.7 Å². The predicted molar refractivity (Wildman–Crippen MR) is 124 cm³/mol. The fourth-order valence-corrected chi connectivity index (χ4v) is 5.23. The van der Waals surface area contributed by atoms with E-state index in [2.05, 4.69) is 52.3 Å². The van der Waals surface area contributed by atoms with Gasteiger partial charge in [0.15, 0.2) is 0 Å². The number of rotatable bonds is 3. The summed E-state index contributed by atoms with van der Waals surface area (Å²) in [5, 5.41) is 14.6. The highest BCUT2D eigenvalue weighted by Crippen LogP contribution is 2.44. The van der Waals surface area contributed by atoms with Crippen molar-refractivity contribution in [3.63, 3.8) is 0 Å². The molecule has 6 nitrogen and oxygen atoms in total. The van der Waals surface area contributed by atoms with E-state index in [0.717, 1.165) is 43.7 Å². The van der Waals surface area contributed by atoms with Crippen molar-refractivity contribution in [2.45, 2.75) is 64.1 Å². The number of aromatic amines is 1. The van der Waals surface area contributed by atoms with E-state index in [9.17, 15) is 9.90 Å². The molecule has 0 radical (unpaired) electrons. The molecule has 0 bridgehead atoms. The number of aliphatic hydroxyl groups is 1. The molecule has 1 unspecified atom stereocenters. The second kappa shape index (κ2) is 8.22. The van der Waals surface area contributed by atoms with Gasteiger partial charge in [-0.05, 0) is 70.7 Å². The molecule has 31 heavy (non-hydrogen) atoms. The number of benzene rings is 1. The number of aromatic nitrogens is 1. The minimum Gasteiger partial charge on any atom is -0.378 e. The maximum absolute atomic E-state index is 12.6. The van der Waals surface area contributed by atoms with Gasteiger partial charge in [-0.2, -0.15) is 0 Å². The summed E-state index contributed by atoms with van der Waals surface area (Å²) in [6.07, 6.45) is 1.86. The number of carbonyl (C=O) groups is 1. The summed E-state index contributed by atoms with van der Waals surface area (Å²) >= 11 is 0. The Balaban J connectivity index is 1.67. The Morgan fingerprint density at radius 3 is 2.77 bits per heavy atom. The lowest BCUT2D eigenvalue weighted by Gasteiger charge is -2.46. The summed E-state index contributed by atoms with van der Waals surface area (Å²) in [6, 6.07) is 6.96. The molecule has 2 amide bonds. The Morgan fingerprint density at radius 1 is 1.35 bits per heavy atom. The third kappa shape index (κ3) is 4.17. The first kappa shape index (κ1) is 21.7. The van der Waals surface area contributed by atoms with Gasteiger partial charge in [0, 0.05) is 48.5 Å². The Labute approximate surface area is 185 Å². The molecule has 1 saturated heterocycles. The topological polar surface area (TPSA) is 71.6 Å². The summed E-state index contributed by atoms with van der Waals surface area (Å²) in [5.41, 5.74) is 3.57. The molecule has 2 heterocycles. The molecule has 2 aliphatic rings. The molecule has 6 heteroatoms. The van der Waals surface area contributed by atoms with Crippen molar-refractivity contribution in [2.24, 2.45) is 0 Å². The molecule has 1 aromatic carbocycles. The number of likely N-dealkylation sites (tertiary alicyclic amines) is 1. The third-order valence-corrected chi connectivity index (χ3v) is 6.72. The average molecular weight is 423 g/mol. The van der Waals surface area contributed by atoms with E-state index in [1.165, 1.54) is 16.5 Å². The van der Waals surface area contributed by atoms with Gasteiger partial charge in [-0.3, -0.25) is 0 Å². The quantitative estimate of drug-likeness (QED) is 0.666. The molecule has 166 valence electrons. The predicted octanol–water partition coefficient (Wildman–Crippen LogP) is 3.05. The molecule has 4 rings (SSSR count). The molecular formula is C25H34N4O2. The van der Waals surface area contributed by atoms with Crippen molar-refractivity contribution in [1.29, 1.82) is 0 Å². The van der Waals surface area contributed by atoms with Crippen LogP contribution in [0.1, 0.15) is 56.9 Å². The lowest BCUT2D eigenvalue weighted by molar-refractivity contribution is 0.124. The smallest absolute Gasteiger partial charge is 0.317 e. The van der Waals surface area contributed by atoms with Crippen molar-refractivity contribution >= 4 is 16.9 Å². The maximum Gasteiger partial charge on any atom is 0.317 e. The molecule has 1 aliphatic carbocycles. The number of likely N-dealkylation sites (N-methyl/N-ethyl adjacent to an activating group) is 1. The molecule has 3 N–H and O–H groups in total. The second-order valence-electron chi connectivity index (χ2n) is 9.43. The van der Waals surface area contributed by atoms with Crippen LogP contribution in [0, 0.1) is 11.8 Å². The number of carbonyl (C=O) groups excluding carboxylic acids is 1. The van der Waals surface area contributed by atoms with Crippen LogP contribution < -0.4 is 5.32 Å². The molecule has 3 atom stereocenters. The highest BCUT2D eigenvalue weighted by Gasteiger charge is 2.40. The van der Waals surface area contributed by atoms with Gasteiger partial charge in [0.25, 0.3) is 0 Å². The van der Waals surface area contributed by atoms with Crippen LogP contribution in [0.2, 0.25) is 0 Å². The molecular weight excluding hydrogens is 388 g/mol. The van der Waals surface area contributed by atoms with Crippen LogP contribution in [0.25, 0.3) is 10.9 Å². The van der Waals surface area contributed by atoms with Gasteiger partial charge in [0.05, 0.1) is 5.69 Å². The number of piperidine rings is 1. The lowest BCUT2D eigenvalue weighted by atomic mass is 9.73. The van der Waals surface area contributed by atoms with E-state index in [-0.39, 0.29) is 12.1 Å². The number of urea groups is 1. The van der Waals surface area contributed by atoms with E-state index >= 15 is 0 Å². The van der Waals surface area contributed by atoms with Crippen molar-refractivity contribution in [3.8, 4) is 11.8 Å². The van der Waals surface area contributed by atoms with Crippen LogP contribution in [0.5, 0.6) is 0 Å². The number of amides is 2. The summed E-state index contributed by atoms with van der Waals surface area (Å²) in [5.74, 6) is 6.51. The first-order chi connectivity index (χ1) is 14.7. The van der Waals surface area contributed by atoms with Gasteiger partial charge in [-0.25, -0.2) is 4.79 Å². The summed E-state index contributed by atoms with van der Waals surface area (Å²) in [7, 11) is 2.16. The van der Waals surface area contributed by atoms with Crippen LogP contribution in [-0.2, 0) is 6.42 Å². The Hall–Kier alpha value is -2.49. The largest absolute Gasteiger partial charge is 0.378 e. The van der Waals surface area contributed by atoms with Gasteiger partial charge in [-0.1, -0.05) is 18.1 Å². The summed E-state index contributed by atoms with van der Waals surface area (Å²) in [4.78, 5) is 20.4. The van der Waals surface area contributed by atoms with Gasteiger partial charge < -0.3 is 25.2 Å². The highest BCUT2D eigenvalue weighted by atomic mass is 16.3. The van der Waals surface area contributed by atoms with Crippen LogP contribution in [-0.4, -0.2) is 70.3 Å².